The number of hydrogen-bond donors (Lipinski definition) is 0. The van der Waals surface area contributed by atoms with E-state index in [9.17, 15) is 8.42 Å². The van der Waals surface area contributed by atoms with E-state index in [2.05, 4.69) is 14.8 Å². The molecule has 0 amide bonds. The summed E-state index contributed by atoms with van der Waals surface area (Å²) in [6.45, 7) is 2.25. The monoisotopic (exact) mass is 324 g/mol. The van der Waals surface area contributed by atoms with Crippen molar-refractivity contribution in [3.05, 3.63) is 11.6 Å². The zero-order valence-corrected chi connectivity index (χ0v) is 13.8. The molecule has 122 valence electrons. The van der Waals surface area contributed by atoms with E-state index < -0.39 is 10.0 Å². The average molecular weight is 324 g/mol. The average Bonchev–Trinajstić information content (AvgIpc) is 3.06. The highest BCUT2D eigenvalue weighted by atomic mass is 32.2. The maximum absolute atomic E-state index is 12.6. The molecule has 1 aromatic heterocycles. The van der Waals surface area contributed by atoms with Gasteiger partial charge in [0.25, 0.3) is 0 Å². The summed E-state index contributed by atoms with van der Waals surface area (Å²) in [4.78, 5) is 0. The van der Waals surface area contributed by atoms with E-state index in [1.165, 1.54) is 6.42 Å². The van der Waals surface area contributed by atoms with E-state index in [1.54, 1.807) is 4.31 Å². The lowest BCUT2D eigenvalue weighted by Crippen LogP contribution is -2.42. The van der Waals surface area contributed by atoms with Gasteiger partial charge in [-0.05, 0) is 38.0 Å². The van der Waals surface area contributed by atoms with Gasteiger partial charge in [0.05, 0.1) is 5.75 Å². The summed E-state index contributed by atoms with van der Waals surface area (Å²) in [5, 5.41) is 8.63. The highest BCUT2D eigenvalue weighted by Gasteiger charge is 2.35. The first-order chi connectivity index (χ1) is 10.6. The molecule has 1 saturated heterocycles. The molecule has 4 rings (SSSR count). The van der Waals surface area contributed by atoms with E-state index in [-0.39, 0.29) is 5.92 Å². The van der Waals surface area contributed by atoms with Gasteiger partial charge in [0.1, 0.15) is 11.6 Å². The first-order valence-electron chi connectivity index (χ1n) is 8.53. The minimum atomic E-state index is -3.11. The second-order valence-electron chi connectivity index (χ2n) is 7.00. The van der Waals surface area contributed by atoms with Crippen LogP contribution in [0.5, 0.6) is 0 Å². The molecule has 1 aromatic rings. The van der Waals surface area contributed by atoms with Gasteiger partial charge in [-0.15, -0.1) is 10.2 Å². The van der Waals surface area contributed by atoms with Crippen molar-refractivity contribution < 1.29 is 8.42 Å². The van der Waals surface area contributed by atoms with Crippen molar-refractivity contribution >= 4 is 10.0 Å². The molecule has 0 aromatic carbocycles. The molecule has 0 bridgehead atoms. The second-order valence-corrected chi connectivity index (χ2v) is 9.02. The molecule has 3 aliphatic rings. The predicted molar refractivity (Wildman–Crippen MR) is 83.0 cm³/mol. The van der Waals surface area contributed by atoms with Gasteiger partial charge in [-0.25, -0.2) is 12.7 Å². The molecule has 0 spiro atoms. The Bertz CT molecular complexity index is 650. The summed E-state index contributed by atoms with van der Waals surface area (Å²) in [6.07, 6.45) is 7.43. The Labute approximate surface area is 132 Å². The topological polar surface area (TPSA) is 68.1 Å². The van der Waals surface area contributed by atoms with E-state index in [0.717, 1.165) is 56.7 Å². The molecule has 3 heterocycles. The Morgan fingerprint density at radius 2 is 1.91 bits per heavy atom. The van der Waals surface area contributed by atoms with Gasteiger partial charge in [0, 0.05) is 32.0 Å². The number of piperidine rings is 1. The molecule has 2 fully saturated rings. The van der Waals surface area contributed by atoms with Gasteiger partial charge >= 0.3 is 0 Å². The molecule has 7 heteroatoms. The van der Waals surface area contributed by atoms with Crippen LogP contribution in [0.25, 0.3) is 0 Å². The molecule has 2 aliphatic heterocycles. The molecular formula is C15H24N4O2S. The lowest BCUT2D eigenvalue weighted by molar-refractivity contribution is 0.293. The molecule has 0 radical (unpaired) electrons. The zero-order valence-electron chi connectivity index (χ0n) is 12.9. The Morgan fingerprint density at radius 1 is 1.05 bits per heavy atom. The van der Waals surface area contributed by atoms with Crippen LogP contribution in [0.3, 0.4) is 0 Å². The van der Waals surface area contributed by atoms with Crippen LogP contribution < -0.4 is 0 Å². The zero-order chi connectivity index (χ0) is 15.2. The number of rotatable bonds is 4. The van der Waals surface area contributed by atoms with E-state index in [4.69, 9.17) is 0 Å². The maximum Gasteiger partial charge on any atom is 0.214 e. The third-order valence-corrected chi connectivity index (χ3v) is 7.46. The maximum atomic E-state index is 12.6. The fourth-order valence-corrected chi connectivity index (χ4v) is 5.90. The molecule has 6 nitrogen and oxygen atoms in total. The first-order valence-corrected chi connectivity index (χ1v) is 10.1. The number of fused-ring (bicyclic) bond motifs is 1. The molecule has 1 saturated carbocycles. The van der Waals surface area contributed by atoms with Crippen molar-refractivity contribution in [2.45, 2.75) is 57.4 Å². The van der Waals surface area contributed by atoms with Crippen LogP contribution in [0, 0.1) is 5.92 Å². The van der Waals surface area contributed by atoms with Gasteiger partial charge in [-0.2, -0.15) is 0 Å². The summed E-state index contributed by atoms with van der Waals surface area (Å²) in [6, 6.07) is 0. The number of sulfonamides is 1. The molecular weight excluding hydrogens is 300 g/mol. The second kappa shape index (κ2) is 5.60. The van der Waals surface area contributed by atoms with Crippen molar-refractivity contribution in [1.29, 1.82) is 0 Å². The number of hydrogen-bond acceptors (Lipinski definition) is 4. The lowest BCUT2D eigenvalue weighted by atomic mass is 9.87. The van der Waals surface area contributed by atoms with Crippen molar-refractivity contribution in [3.8, 4) is 0 Å². The summed E-state index contributed by atoms with van der Waals surface area (Å²) in [5.74, 6) is 3.03. The summed E-state index contributed by atoms with van der Waals surface area (Å²) >= 11 is 0. The van der Waals surface area contributed by atoms with E-state index >= 15 is 0 Å². The highest BCUT2D eigenvalue weighted by molar-refractivity contribution is 7.89. The Morgan fingerprint density at radius 3 is 2.68 bits per heavy atom. The Balaban J connectivity index is 1.49. The highest BCUT2D eigenvalue weighted by Crippen LogP contribution is 2.32. The van der Waals surface area contributed by atoms with Gasteiger partial charge in [-0.3, -0.25) is 0 Å². The number of aromatic nitrogens is 3. The molecule has 1 atom stereocenters. The minimum Gasteiger partial charge on any atom is -0.315 e. The quantitative estimate of drug-likeness (QED) is 0.842. The summed E-state index contributed by atoms with van der Waals surface area (Å²) in [5.41, 5.74) is 0. The third-order valence-electron chi connectivity index (χ3n) is 5.45. The molecule has 1 aliphatic carbocycles. The van der Waals surface area contributed by atoms with Crippen molar-refractivity contribution in [2.24, 2.45) is 5.92 Å². The van der Waals surface area contributed by atoms with Crippen LogP contribution in [-0.4, -0.2) is 46.3 Å². The van der Waals surface area contributed by atoms with Gasteiger partial charge in [0.15, 0.2) is 0 Å². The van der Waals surface area contributed by atoms with Gasteiger partial charge < -0.3 is 4.57 Å². The molecule has 22 heavy (non-hydrogen) atoms. The third kappa shape index (κ3) is 2.58. The van der Waals surface area contributed by atoms with Crippen LogP contribution in [-0.2, 0) is 23.0 Å². The summed E-state index contributed by atoms with van der Waals surface area (Å²) in [7, 11) is -3.11. The smallest absolute Gasteiger partial charge is 0.214 e. The van der Waals surface area contributed by atoms with E-state index in [0.29, 0.717) is 24.8 Å². The number of nitrogens with zero attached hydrogens (tertiary/aromatic N) is 4. The fraction of sp³-hybridized carbons (Fsp3) is 0.867. The van der Waals surface area contributed by atoms with Crippen LogP contribution in [0.1, 0.15) is 56.1 Å². The Hall–Kier alpha value is -0.950. The van der Waals surface area contributed by atoms with Crippen LogP contribution >= 0.6 is 0 Å². The fourth-order valence-electron chi connectivity index (χ4n) is 3.94. The minimum absolute atomic E-state index is 0.212. The lowest BCUT2D eigenvalue weighted by Gasteiger charge is -2.34. The van der Waals surface area contributed by atoms with Gasteiger partial charge in [0.2, 0.25) is 10.0 Å². The molecule has 1 unspecified atom stereocenters. The summed E-state index contributed by atoms with van der Waals surface area (Å²) < 4.78 is 29.2. The largest absolute Gasteiger partial charge is 0.315 e. The first kappa shape index (κ1) is 14.6. The standard InChI is InChI=1S/C15H24N4O2S/c20-22(21,11-12-4-1-5-12)18-8-2-6-13(10-18)15-17-16-14-7-3-9-19(14)15/h12-13H,1-11H2. The van der Waals surface area contributed by atoms with Crippen LogP contribution in [0.2, 0.25) is 0 Å². The van der Waals surface area contributed by atoms with Crippen molar-refractivity contribution in [2.75, 3.05) is 18.8 Å². The van der Waals surface area contributed by atoms with Crippen LogP contribution in [0.15, 0.2) is 0 Å². The van der Waals surface area contributed by atoms with Crippen LogP contribution in [0.4, 0.5) is 0 Å². The van der Waals surface area contributed by atoms with E-state index in [1.807, 2.05) is 0 Å². The Kier molecular flexibility index (Phi) is 3.72. The predicted octanol–water partition coefficient (Wildman–Crippen LogP) is 1.53. The normalized spacial score (nSPS) is 26.8. The SMILES string of the molecule is O=S(=O)(CC1CCC1)N1CCCC(c2nnc3n2CCC3)C1. The van der Waals surface area contributed by atoms with Crippen molar-refractivity contribution in [1.82, 2.24) is 19.1 Å². The number of aryl methyl sites for hydroxylation is 1. The van der Waals surface area contributed by atoms with Gasteiger partial charge in [-0.1, -0.05) is 6.42 Å². The van der Waals surface area contributed by atoms with Crippen molar-refractivity contribution in [3.63, 3.8) is 0 Å². The molecule has 0 N–H and O–H groups in total.